The standard InChI is InChI=1S/C10H14N2.C8H16O2/c1-2-4-10(5-3-1)12-8-6-11-7-9-12;1-2-3-4-5-6-7-8(9)10/h1-5,11H,6-9H2;2-7H2,1H3,(H,9,10). The molecule has 4 nitrogen and oxygen atoms in total. The zero-order chi connectivity index (χ0) is 16.0. The minimum atomic E-state index is -0.670. The number of benzene rings is 1. The SMILES string of the molecule is CCCCCCCC(=O)O.c1ccc(N2CCNCC2)cc1. The normalized spacial score (nSPS) is 14.1. The summed E-state index contributed by atoms with van der Waals surface area (Å²) in [7, 11) is 0. The van der Waals surface area contributed by atoms with Gasteiger partial charge in [-0.15, -0.1) is 0 Å². The van der Waals surface area contributed by atoms with E-state index in [0.29, 0.717) is 6.42 Å². The monoisotopic (exact) mass is 306 g/mol. The number of nitrogens with one attached hydrogen (secondary N) is 1. The largest absolute Gasteiger partial charge is 0.481 e. The van der Waals surface area contributed by atoms with Gasteiger partial charge < -0.3 is 15.3 Å². The van der Waals surface area contributed by atoms with Crippen LogP contribution < -0.4 is 10.2 Å². The van der Waals surface area contributed by atoms with Gasteiger partial charge in [-0.25, -0.2) is 0 Å². The zero-order valence-corrected chi connectivity index (χ0v) is 13.8. The summed E-state index contributed by atoms with van der Waals surface area (Å²) in [5, 5.41) is 11.6. The predicted molar refractivity (Wildman–Crippen MR) is 92.5 cm³/mol. The fraction of sp³-hybridized carbons (Fsp3) is 0.611. The molecular formula is C18H30N2O2. The summed E-state index contributed by atoms with van der Waals surface area (Å²) in [6.07, 6.45) is 5.88. The van der Waals surface area contributed by atoms with Gasteiger partial charge in [-0.05, 0) is 18.6 Å². The molecule has 2 rings (SSSR count). The number of carbonyl (C=O) groups is 1. The second-order valence-corrected chi connectivity index (χ2v) is 5.63. The number of anilines is 1. The molecule has 1 heterocycles. The van der Waals surface area contributed by atoms with Gasteiger partial charge in [-0.2, -0.15) is 0 Å². The number of para-hydroxylation sites is 1. The number of hydrogen-bond acceptors (Lipinski definition) is 3. The molecule has 2 N–H and O–H groups in total. The van der Waals surface area contributed by atoms with Gasteiger partial charge in [0.05, 0.1) is 0 Å². The number of carboxylic acid groups (broad SMARTS) is 1. The lowest BCUT2D eigenvalue weighted by molar-refractivity contribution is -0.137. The summed E-state index contributed by atoms with van der Waals surface area (Å²) >= 11 is 0. The van der Waals surface area contributed by atoms with Gasteiger partial charge in [-0.3, -0.25) is 4.79 Å². The Labute approximate surface area is 134 Å². The summed E-state index contributed by atoms with van der Waals surface area (Å²) in [4.78, 5) is 12.4. The van der Waals surface area contributed by atoms with E-state index >= 15 is 0 Å². The number of aliphatic carboxylic acids is 1. The van der Waals surface area contributed by atoms with Crippen LogP contribution in [-0.4, -0.2) is 37.3 Å². The van der Waals surface area contributed by atoms with Crippen LogP contribution in [-0.2, 0) is 4.79 Å². The Morgan fingerprint density at radius 3 is 2.32 bits per heavy atom. The average molecular weight is 306 g/mol. The molecule has 124 valence electrons. The van der Waals surface area contributed by atoms with E-state index in [9.17, 15) is 4.79 Å². The van der Waals surface area contributed by atoms with Crippen LogP contribution >= 0.6 is 0 Å². The third-order valence-electron chi connectivity index (χ3n) is 3.73. The van der Waals surface area contributed by atoms with Crippen molar-refractivity contribution in [1.29, 1.82) is 0 Å². The first kappa shape index (κ1) is 18.5. The van der Waals surface area contributed by atoms with Crippen LogP contribution in [0.5, 0.6) is 0 Å². The quantitative estimate of drug-likeness (QED) is 0.757. The molecule has 0 unspecified atom stereocenters. The van der Waals surface area contributed by atoms with Gasteiger partial charge in [0, 0.05) is 38.3 Å². The Hall–Kier alpha value is -1.55. The fourth-order valence-electron chi connectivity index (χ4n) is 2.44. The van der Waals surface area contributed by atoms with E-state index in [1.54, 1.807) is 0 Å². The Morgan fingerprint density at radius 1 is 1.09 bits per heavy atom. The summed E-state index contributed by atoms with van der Waals surface area (Å²) in [6.45, 7) is 6.62. The maximum absolute atomic E-state index is 10.0. The molecule has 1 aliphatic heterocycles. The molecule has 1 aliphatic rings. The molecular weight excluding hydrogens is 276 g/mol. The molecule has 0 spiro atoms. The molecule has 0 radical (unpaired) electrons. The number of piperazine rings is 1. The van der Waals surface area contributed by atoms with E-state index in [2.05, 4.69) is 47.5 Å². The fourth-order valence-corrected chi connectivity index (χ4v) is 2.44. The van der Waals surface area contributed by atoms with Crippen LogP contribution in [0.2, 0.25) is 0 Å². The number of hydrogen-bond donors (Lipinski definition) is 2. The first-order chi connectivity index (χ1) is 10.7. The van der Waals surface area contributed by atoms with Gasteiger partial charge in [0.25, 0.3) is 0 Å². The van der Waals surface area contributed by atoms with Gasteiger partial charge in [0.2, 0.25) is 0 Å². The van der Waals surface area contributed by atoms with Crippen molar-refractivity contribution in [1.82, 2.24) is 5.32 Å². The minimum absolute atomic E-state index is 0.337. The van der Waals surface area contributed by atoms with Crippen LogP contribution in [0.15, 0.2) is 30.3 Å². The first-order valence-corrected chi connectivity index (χ1v) is 8.46. The number of rotatable bonds is 7. The van der Waals surface area contributed by atoms with E-state index in [1.807, 2.05) is 0 Å². The molecule has 4 heteroatoms. The topological polar surface area (TPSA) is 52.6 Å². The zero-order valence-electron chi connectivity index (χ0n) is 13.8. The van der Waals surface area contributed by atoms with Crippen molar-refractivity contribution < 1.29 is 9.90 Å². The van der Waals surface area contributed by atoms with Crippen LogP contribution in [0, 0.1) is 0 Å². The van der Waals surface area contributed by atoms with Gasteiger partial charge >= 0.3 is 5.97 Å². The highest BCUT2D eigenvalue weighted by Crippen LogP contribution is 2.12. The van der Waals surface area contributed by atoms with Gasteiger partial charge in [0.1, 0.15) is 0 Å². The Kier molecular flexibility index (Phi) is 10.1. The first-order valence-electron chi connectivity index (χ1n) is 8.46. The van der Waals surface area contributed by atoms with Crippen molar-refractivity contribution in [2.75, 3.05) is 31.1 Å². The van der Waals surface area contributed by atoms with Crippen LogP contribution in [0.3, 0.4) is 0 Å². The highest BCUT2D eigenvalue weighted by molar-refractivity contribution is 5.66. The molecule has 0 aromatic heterocycles. The summed E-state index contributed by atoms with van der Waals surface area (Å²) in [5.74, 6) is -0.670. The smallest absolute Gasteiger partial charge is 0.303 e. The molecule has 1 aromatic carbocycles. The molecule has 1 aromatic rings. The molecule has 0 amide bonds. The molecule has 1 fully saturated rings. The predicted octanol–water partition coefficient (Wildman–Crippen LogP) is 3.53. The van der Waals surface area contributed by atoms with Crippen LogP contribution in [0.4, 0.5) is 5.69 Å². The van der Waals surface area contributed by atoms with E-state index in [0.717, 1.165) is 39.0 Å². The molecule has 0 atom stereocenters. The van der Waals surface area contributed by atoms with Crippen molar-refractivity contribution in [2.45, 2.75) is 45.4 Å². The van der Waals surface area contributed by atoms with E-state index in [-0.39, 0.29) is 0 Å². The summed E-state index contributed by atoms with van der Waals surface area (Å²) in [6, 6.07) is 10.6. The average Bonchev–Trinajstić information content (AvgIpc) is 2.57. The van der Waals surface area contributed by atoms with E-state index in [4.69, 9.17) is 5.11 Å². The number of carboxylic acids is 1. The van der Waals surface area contributed by atoms with Crippen molar-refractivity contribution in [3.63, 3.8) is 0 Å². The Balaban J connectivity index is 0.000000225. The van der Waals surface area contributed by atoms with E-state index in [1.165, 1.54) is 24.9 Å². The van der Waals surface area contributed by atoms with Crippen molar-refractivity contribution in [3.8, 4) is 0 Å². The second kappa shape index (κ2) is 12.0. The molecule has 0 saturated carbocycles. The van der Waals surface area contributed by atoms with Crippen molar-refractivity contribution in [2.24, 2.45) is 0 Å². The molecule has 0 bridgehead atoms. The maximum atomic E-state index is 10.0. The van der Waals surface area contributed by atoms with Gasteiger partial charge in [-0.1, -0.05) is 50.8 Å². The minimum Gasteiger partial charge on any atom is -0.481 e. The lowest BCUT2D eigenvalue weighted by Gasteiger charge is -2.29. The number of unbranched alkanes of at least 4 members (excludes halogenated alkanes) is 4. The second-order valence-electron chi connectivity index (χ2n) is 5.63. The van der Waals surface area contributed by atoms with Crippen molar-refractivity contribution >= 4 is 11.7 Å². The highest BCUT2D eigenvalue weighted by atomic mass is 16.4. The third kappa shape index (κ3) is 8.67. The lowest BCUT2D eigenvalue weighted by atomic mass is 10.1. The van der Waals surface area contributed by atoms with Crippen molar-refractivity contribution in [3.05, 3.63) is 30.3 Å². The Morgan fingerprint density at radius 2 is 1.73 bits per heavy atom. The molecule has 22 heavy (non-hydrogen) atoms. The Bertz CT molecular complexity index is 389. The lowest BCUT2D eigenvalue weighted by Crippen LogP contribution is -2.43. The third-order valence-corrected chi connectivity index (χ3v) is 3.73. The van der Waals surface area contributed by atoms with Gasteiger partial charge in [0.15, 0.2) is 0 Å². The number of nitrogens with zero attached hydrogens (tertiary/aromatic N) is 1. The highest BCUT2D eigenvalue weighted by Gasteiger charge is 2.08. The maximum Gasteiger partial charge on any atom is 0.303 e. The summed E-state index contributed by atoms with van der Waals surface area (Å²) in [5.41, 5.74) is 1.35. The van der Waals surface area contributed by atoms with E-state index < -0.39 is 5.97 Å². The van der Waals surface area contributed by atoms with Crippen LogP contribution in [0.25, 0.3) is 0 Å². The molecule has 0 aliphatic carbocycles. The van der Waals surface area contributed by atoms with Crippen LogP contribution in [0.1, 0.15) is 45.4 Å². The molecule has 1 saturated heterocycles. The summed E-state index contributed by atoms with van der Waals surface area (Å²) < 4.78 is 0.